The van der Waals surface area contributed by atoms with Gasteiger partial charge in [-0.15, -0.1) is 0 Å². The van der Waals surface area contributed by atoms with E-state index >= 15 is 0 Å². The van der Waals surface area contributed by atoms with Gasteiger partial charge in [-0.3, -0.25) is 9.59 Å². The minimum absolute atomic E-state index is 0.0540. The normalized spacial score (nSPS) is 12.7. The van der Waals surface area contributed by atoms with Gasteiger partial charge in [-0.05, 0) is 50.1 Å². The molecule has 0 fully saturated rings. The molecule has 0 spiro atoms. The highest BCUT2D eigenvalue weighted by Crippen LogP contribution is 2.16. The van der Waals surface area contributed by atoms with Gasteiger partial charge in [0.1, 0.15) is 11.8 Å². The molecular formula is C22H27BrN2O3. The Hall–Kier alpha value is -2.34. The van der Waals surface area contributed by atoms with Crippen LogP contribution >= 0.6 is 15.9 Å². The van der Waals surface area contributed by atoms with E-state index in [1.807, 2.05) is 56.3 Å². The molecule has 28 heavy (non-hydrogen) atoms. The van der Waals surface area contributed by atoms with Gasteiger partial charge in [-0.25, -0.2) is 0 Å². The van der Waals surface area contributed by atoms with E-state index < -0.39 is 6.04 Å². The summed E-state index contributed by atoms with van der Waals surface area (Å²) in [6.07, 6.45) is 0.829. The number of amides is 2. The van der Waals surface area contributed by atoms with E-state index in [1.165, 1.54) is 0 Å². The molecule has 2 aromatic carbocycles. The molecule has 0 bridgehead atoms. The Morgan fingerprint density at radius 3 is 2.46 bits per heavy atom. The third kappa shape index (κ3) is 6.68. The number of carbonyl (C=O) groups excluding carboxylic acids is 2. The zero-order chi connectivity index (χ0) is 20.5. The first-order valence-electron chi connectivity index (χ1n) is 9.42. The van der Waals surface area contributed by atoms with E-state index in [0.29, 0.717) is 12.3 Å². The molecule has 0 aromatic heterocycles. The van der Waals surface area contributed by atoms with Gasteiger partial charge in [0.15, 0.2) is 6.61 Å². The zero-order valence-corrected chi connectivity index (χ0v) is 18.1. The average molecular weight is 447 g/mol. The summed E-state index contributed by atoms with van der Waals surface area (Å²) in [7, 11) is 0. The van der Waals surface area contributed by atoms with Gasteiger partial charge in [0, 0.05) is 17.1 Å². The van der Waals surface area contributed by atoms with Crippen LogP contribution in [0.2, 0.25) is 0 Å². The molecule has 1 N–H and O–H groups in total. The fraction of sp³-hybridized carbons (Fsp3) is 0.364. The van der Waals surface area contributed by atoms with E-state index in [-0.39, 0.29) is 24.5 Å². The van der Waals surface area contributed by atoms with Crippen molar-refractivity contribution in [2.24, 2.45) is 0 Å². The second-order valence-corrected chi connectivity index (χ2v) is 7.66. The van der Waals surface area contributed by atoms with Crippen molar-refractivity contribution in [1.29, 1.82) is 0 Å². The molecule has 2 atom stereocenters. The lowest BCUT2D eigenvalue weighted by Crippen LogP contribution is -2.50. The topological polar surface area (TPSA) is 58.6 Å². The largest absolute Gasteiger partial charge is 0.484 e. The van der Waals surface area contributed by atoms with Crippen molar-refractivity contribution >= 4 is 27.7 Å². The molecule has 0 aliphatic heterocycles. The van der Waals surface area contributed by atoms with E-state index in [1.54, 1.807) is 24.0 Å². The first kappa shape index (κ1) is 22.0. The number of nitrogens with zero attached hydrogens (tertiary/aromatic N) is 1. The predicted molar refractivity (Wildman–Crippen MR) is 114 cm³/mol. The van der Waals surface area contributed by atoms with Crippen LogP contribution in [0.4, 0.5) is 0 Å². The van der Waals surface area contributed by atoms with Crippen LogP contribution in [0.3, 0.4) is 0 Å². The Morgan fingerprint density at radius 2 is 1.82 bits per heavy atom. The van der Waals surface area contributed by atoms with E-state index in [2.05, 4.69) is 21.2 Å². The van der Waals surface area contributed by atoms with Gasteiger partial charge < -0.3 is 15.0 Å². The molecule has 5 nitrogen and oxygen atoms in total. The quantitative estimate of drug-likeness (QED) is 0.628. The molecule has 150 valence electrons. The van der Waals surface area contributed by atoms with Gasteiger partial charge >= 0.3 is 0 Å². The minimum Gasteiger partial charge on any atom is -0.484 e. The highest BCUT2D eigenvalue weighted by molar-refractivity contribution is 9.10. The lowest BCUT2D eigenvalue weighted by Gasteiger charge is -2.29. The van der Waals surface area contributed by atoms with E-state index in [0.717, 1.165) is 16.5 Å². The Labute approximate surface area is 175 Å². The Bertz CT molecular complexity index is 782. The predicted octanol–water partition coefficient (Wildman–Crippen LogP) is 4.16. The van der Waals surface area contributed by atoms with E-state index in [4.69, 9.17) is 4.74 Å². The Kier molecular flexibility index (Phi) is 8.51. The standard InChI is InChI=1S/C22H27BrN2O3/c1-4-16(2)24-22(27)17(3)25(14-18-9-8-10-19(23)13-18)21(26)15-28-20-11-6-5-7-12-20/h5-13,16-17H,4,14-15H2,1-3H3,(H,24,27)/t16-,17-/m0/s1. The lowest BCUT2D eigenvalue weighted by molar-refractivity contribution is -0.142. The smallest absolute Gasteiger partial charge is 0.261 e. The van der Waals surface area contributed by atoms with Crippen LogP contribution in [-0.4, -0.2) is 35.4 Å². The highest BCUT2D eigenvalue weighted by atomic mass is 79.9. The molecule has 0 saturated heterocycles. The molecular weight excluding hydrogens is 420 g/mol. The van der Waals surface area contributed by atoms with Gasteiger partial charge in [0.05, 0.1) is 0 Å². The fourth-order valence-electron chi connectivity index (χ4n) is 2.62. The van der Waals surface area contributed by atoms with Crippen molar-refractivity contribution in [3.8, 4) is 5.75 Å². The molecule has 2 aromatic rings. The molecule has 0 unspecified atom stereocenters. The molecule has 0 aliphatic rings. The number of rotatable bonds is 9. The molecule has 0 heterocycles. The van der Waals surface area contributed by atoms with Crippen LogP contribution in [0.5, 0.6) is 5.75 Å². The highest BCUT2D eigenvalue weighted by Gasteiger charge is 2.27. The maximum Gasteiger partial charge on any atom is 0.261 e. The number of halogens is 1. The summed E-state index contributed by atoms with van der Waals surface area (Å²) < 4.78 is 6.54. The molecule has 0 saturated carbocycles. The first-order valence-corrected chi connectivity index (χ1v) is 10.2. The maximum absolute atomic E-state index is 12.9. The summed E-state index contributed by atoms with van der Waals surface area (Å²) in [5.74, 6) is 0.211. The van der Waals surface area contributed by atoms with Crippen molar-refractivity contribution in [3.05, 3.63) is 64.6 Å². The van der Waals surface area contributed by atoms with Crippen LogP contribution in [0, 0.1) is 0 Å². The molecule has 6 heteroatoms. The second kappa shape index (κ2) is 10.9. The van der Waals surface area contributed by atoms with Crippen molar-refractivity contribution in [3.63, 3.8) is 0 Å². The van der Waals surface area contributed by atoms with Crippen LogP contribution in [-0.2, 0) is 16.1 Å². The summed E-state index contributed by atoms with van der Waals surface area (Å²) >= 11 is 3.45. The van der Waals surface area contributed by atoms with Gasteiger partial charge in [-0.1, -0.05) is 53.2 Å². The Morgan fingerprint density at radius 1 is 1.11 bits per heavy atom. The van der Waals surface area contributed by atoms with Crippen LogP contribution in [0.1, 0.15) is 32.8 Å². The number of hydrogen-bond acceptors (Lipinski definition) is 3. The summed E-state index contributed by atoms with van der Waals surface area (Å²) in [6, 6.07) is 16.3. The lowest BCUT2D eigenvalue weighted by atomic mass is 10.1. The number of nitrogens with one attached hydrogen (secondary N) is 1. The SMILES string of the molecule is CC[C@H](C)NC(=O)[C@H](C)N(Cc1cccc(Br)c1)C(=O)COc1ccccc1. The van der Waals surface area contributed by atoms with Crippen LogP contribution in [0.15, 0.2) is 59.1 Å². The van der Waals surface area contributed by atoms with Crippen molar-refractivity contribution in [2.45, 2.75) is 45.8 Å². The summed E-state index contributed by atoms with van der Waals surface area (Å²) in [5, 5.41) is 2.95. The third-order valence-corrected chi connectivity index (χ3v) is 5.01. The second-order valence-electron chi connectivity index (χ2n) is 6.75. The molecule has 0 radical (unpaired) electrons. The maximum atomic E-state index is 12.9. The van der Waals surface area contributed by atoms with Crippen LogP contribution in [0.25, 0.3) is 0 Å². The molecule has 0 aliphatic carbocycles. The number of para-hydroxylation sites is 1. The van der Waals surface area contributed by atoms with Gasteiger partial charge in [0.25, 0.3) is 5.91 Å². The third-order valence-electron chi connectivity index (χ3n) is 4.52. The number of benzene rings is 2. The Balaban J connectivity index is 2.14. The average Bonchev–Trinajstić information content (AvgIpc) is 2.70. The zero-order valence-electron chi connectivity index (χ0n) is 16.5. The van der Waals surface area contributed by atoms with Gasteiger partial charge in [-0.2, -0.15) is 0 Å². The fourth-order valence-corrected chi connectivity index (χ4v) is 3.07. The summed E-state index contributed by atoms with van der Waals surface area (Å²) in [4.78, 5) is 27.1. The number of ether oxygens (including phenoxy) is 1. The molecule has 2 amide bonds. The van der Waals surface area contributed by atoms with Crippen molar-refractivity contribution in [2.75, 3.05) is 6.61 Å². The van der Waals surface area contributed by atoms with E-state index in [9.17, 15) is 9.59 Å². The molecule has 2 rings (SSSR count). The van der Waals surface area contributed by atoms with Crippen molar-refractivity contribution in [1.82, 2.24) is 10.2 Å². The number of carbonyl (C=O) groups is 2. The number of hydrogen-bond donors (Lipinski definition) is 1. The monoisotopic (exact) mass is 446 g/mol. The van der Waals surface area contributed by atoms with Crippen molar-refractivity contribution < 1.29 is 14.3 Å². The first-order chi connectivity index (χ1) is 13.4. The summed E-state index contributed by atoms with van der Waals surface area (Å²) in [5.41, 5.74) is 0.936. The van der Waals surface area contributed by atoms with Crippen LogP contribution < -0.4 is 10.1 Å². The minimum atomic E-state index is -0.611. The summed E-state index contributed by atoms with van der Waals surface area (Å²) in [6.45, 7) is 5.90. The van der Waals surface area contributed by atoms with Gasteiger partial charge in [0.2, 0.25) is 5.91 Å².